The maximum atomic E-state index is 12.4. The number of rotatable bonds is 4. The molecule has 0 saturated heterocycles. The van der Waals surface area contributed by atoms with E-state index in [2.05, 4.69) is 5.32 Å². The van der Waals surface area contributed by atoms with Crippen molar-refractivity contribution in [3.63, 3.8) is 0 Å². The Balaban J connectivity index is 1.65. The van der Waals surface area contributed by atoms with Gasteiger partial charge in [0.1, 0.15) is 13.2 Å². The molecule has 0 aliphatic carbocycles. The number of halogens is 2. The van der Waals surface area contributed by atoms with Crippen molar-refractivity contribution in [2.75, 3.05) is 18.5 Å². The van der Waals surface area contributed by atoms with E-state index in [1.165, 1.54) is 11.8 Å². The molecule has 1 aliphatic rings. The lowest BCUT2D eigenvalue weighted by molar-refractivity contribution is -0.115. The van der Waals surface area contributed by atoms with Crippen molar-refractivity contribution in [1.29, 1.82) is 0 Å². The van der Waals surface area contributed by atoms with Crippen LogP contribution in [-0.2, 0) is 4.79 Å². The summed E-state index contributed by atoms with van der Waals surface area (Å²) >= 11 is 13.4. The quantitative estimate of drug-likeness (QED) is 0.763. The highest BCUT2D eigenvalue weighted by Gasteiger charge is 2.18. The van der Waals surface area contributed by atoms with Gasteiger partial charge in [-0.2, -0.15) is 0 Å². The number of benzene rings is 2. The van der Waals surface area contributed by atoms with E-state index in [0.717, 1.165) is 10.6 Å². The van der Waals surface area contributed by atoms with Crippen LogP contribution in [0.4, 0.5) is 5.69 Å². The molecule has 24 heavy (non-hydrogen) atoms. The molecule has 0 fully saturated rings. The van der Waals surface area contributed by atoms with Crippen LogP contribution in [0, 0.1) is 0 Å². The standard InChI is InChI=1S/C17H15Cl2NO3S/c1-10(17(21)20-14-4-2-11(18)8-13(14)19)24-12-3-5-15-16(9-12)23-7-6-22-15/h2-5,8-10H,6-7H2,1H3,(H,20,21)/t10-/m1/s1. The molecule has 0 saturated carbocycles. The molecule has 1 N–H and O–H groups in total. The molecular formula is C17H15Cl2NO3S. The number of nitrogens with one attached hydrogen (secondary N) is 1. The van der Waals surface area contributed by atoms with E-state index >= 15 is 0 Å². The third-order valence-electron chi connectivity index (χ3n) is 3.38. The molecule has 1 amide bonds. The molecule has 126 valence electrons. The molecule has 0 unspecified atom stereocenters. The van der Waals surface area contributed by atoms with Gasteiger partial charge >= 0.3 is 0 Å². The predicted octanol–water partition coefficient (Wildman–Crippen LogP) is 4.88. The molecule has 0 bridgehead atoms. The number of hydrogen-bond acceptors (Lipinski definition) is 4. The first-order valence-corrected chi connectivity index (χ1v) is 8.99. The van der Waals surface area contributed by atoms with Crippen LogP contribution in [0.2, 0.25) is 10.0 Å². The van der Waals surface area contributed by atoms with E-state index in [9.17, 15) is 4.79 Å². The summed E-state index contributed by atoms with van der Waals surface area (Å²) in [6.45, 7) is 2.92. The van der Waals surface area contributed by atoms with Gasteiger partial charge in [0, 0.05) is 9.92 Å². The second kappa shape index (κ2) is 7.55. The molecule has 2 aromatic rings. The van der Waals surface area contributed by atoms with Crippen molar-refractivity contribution in [1.82, 2.24) is 0 Å². The molecule has 1 aliphatic heterocycles. The molecule has 1 heterocycles. The van der Waals surface area contributed by atoms with Crippen LogP contribution in [0.1, 0.15) is 6.92 Å². The minimum atomic E-state index is -0.306. The first-order valence-electron chi connectivity index (χ1n) is 7.35. The van der Waals surface area contributed by atoms with Crippen LogP contribution in [0.5, 0.6) is 11.5 Å². The first kappa shape index (κ1) is 17.3. The van der Waals surface area contributed by atoms with E-state index in [4.69, 9.17) is 32.7 Å². The average molecular weight is 384 g/mol. The zero-order chi connectivity index (χ0) is 17.1. The van der Waals surface area contributed by atoms with Crippen LogP contribution >= 0.6 is 35.0 Å². The van der Waals surface area contributed by atoms with Crippen molar-refractivity contribution in [3.8, 4) is 11.5 Å². The lowest BCUT2D eigenvalue weighted by atomic mass is 10.3. The van der Waals surface area contributed by atoms with Crippen molar-refractivity contribution < 1.29 is 14.3 Å². The van der Waals surface area contributed by atoms with Crippen molar-refractivity contribution in [2.24, 2.45) is 0 Å². The second-order valence-corrected chi connectivity index (χ2v) is 7.44. The zero-order valence-corrected chi connectivity index (χ0v) is 15.2. The normalized spacial score (nSPS) is 14.1. The maximum absolute atomic E-state index is 12.4. The number of ether oxygens (including phenoxy) is 2. The minimum Gasteiger partial charge on any atom is -0.486 e. The zero-order valence-electron chi connectivity index (χ0n) is 12.8. The highest BCUT2D eigenvalue weighted by Crippen LogP contribution is 2.36. The summed E-state index contributed by atoms with van der Waals surface area (Å²) in [6.07, 6.45) is 0. The number of hydrogen-bond donors (Lipinski definition) is 1. The number of anilines is 1. The monoisotopic (exact) mass is 383 g/mol. The number of fused-ring (bicyclic) bond motifs is 1. The Hall–Kier alpha value is -1.56. The lowest BCUT2D eigenvalue weighted by Gasteiger charge is -2.19. The van der Waals surface area contributed by atoms with Crippen LogP contribution in [0.25, 0.3) is 0 Å². The summed E-state index contributed by atoms with van der Waals surface area (Å²) in [6, 6.07) is 10.6. The summed E-state index contributed by atoms with van der Waals surface area (Å²) in [5, 5.41) is 3.44. The highest BCUT2D eigenvalue weighted by molar-refractivity contribution is 8.00. The Labute approximate surface area is 154 Å². The number of amides is 1. The Bertz CT molecular complexity index is 769. The highest BCUT2D eigenvalue weighted by atomic mass is 35.5. The summed E-state index contributed by atoms with van der Waals surface area (Å²) in [4.78, 5) is 13.3. The fraction of sp³-hybridized carbons (Fsp3) is 0.235. The number of thioether (sulfide) groups is 1. The van der Waals surface area contributed by atoms with Gasteiger partial charge in [-0.3, -0.25) is 4.79 Å². The van der Waals surface area contributed by atoms with E-state index in [0.29, 0.717) is 34.7 Å². The molecule has 2 aromatic carbocycles. The van der Waals surface area contributed by atoms with Crippen LogP contribution in [0.15, 0.2) is 41.3 Å². The van der Waals surface area contributed by atoms with Crippen molar-refractivity contribution in [3.05, 3.63) is 46.4 Å². The van der Waals surface area contributed by atoms with Crippen LogP contribution < -0.4 is 14.8 Å². The predicted molar refractivity (Wildman–Crippen MR) is 97.8 cm³/mol. The van der Waals surface area contributed by atoms with Crippen molar-refractivity contribution in [2.45, 2.75) is 17.1 Å². The molecule has 7 heteroatoms. The average Bonchev–Trinajstić information content (AvgIpc) is 2.57. The molecule has 4 nitrogen and oxygen atoms in total. The third-order valence-corrected chi connectivity index (χ3v) is 5.03. The fourth-order valence-corrected chi connectivity index (χ4v) is 3.53. The summed E-state index contributed by atoms with van der Waals surface area (Å²) in [5.41, 5.74) is 0.542. The van der Waals surface area contributed by atoms with Gasteiger partial charge in [-0.05, 0) is 43.3 Å². The van der Waals surface area contributed by atoms with Gasteiger partial charge in [0.15, 0.2) is 11.5 Å². The number of carbonyl (C=O) groups excluding carboxylic acids is 1. The van der Waals surface area contributed by atoms with E-state index < -0.39 is 0 Å². The largest absolute Gasteiger partial charge is 0.486 e. The van der Waals surface area contributed by atoms with Crippen LogP contribution in [-0.4, -0.2) is 24.4 Å². The van der Waals surface area contributed by atoms with Gasteiger partial charge in [0.25, 0.3) is 0 Å². The van der Waals surface area contributed by atoms with Crippen molar-refractivity contribution >= 4 is 46.6 Å². The maximum Gasteiger partial charge on any atom is 0.237 e. The summed E-state index contributed by atoms with van der Waals surface area (Å²) in [7, 11) is 0. The minimum absolute atomic E-state index is 0.140. The van der Waals surface area contributed by atoms with Crippen LogP contribution in [0.3, 0.4) is 0 Å². The van der Waals surface area contributed by atoms with Gasteiger partial charge in [0.2, 0.25) is 5.91 Å². The molecule has 0 aromatic heterocycles. The van der Waals surface area contributed by atoms with E-state index in [1.807, 2.05) is 25.1 Å². The van der Waals surface area contributed by atoms with Gasteiger partial charge in [-0.1, -0.05) is 23.2 Å². The Kier molecular flexibility index (Phi) is 5.43. The van der Waals surface area contributed by atoms with Gasteiger partial charge in [-0.25, -0.2) is 0 Å². The SMILES string of the molecule is C[C@@H](Sc1ccc2c(c1)OCCO2)C(=O)Nc1ccc(Cl)cc1Cl. The fourth-order valence-electron chi connectivity index (χ4n) is 2.18. The van der Waals surface area contributed by atoms with E-state index in [1.54, 1.807) is 18.2 Å². The first-order chi connectivity index (χ1) is 11.5. The topological polar surface area (TPSA) is 47.6 Å². The van der Waals surface area contributed by atoms with E-state index in [-0.39, 0.29) is 11.2 Å². The van der Waals surface area contributed by atoms with Gasteiger partial charge in [-0.15, -0.1) is 11.8 Å². The summed E-state index contributed by atoms with van der Waals surface area (Å²) < 4.78 is 11.1. The molecule has 3 rings (SSSR count). The smallest absolute Gasteiger partial charge is 0.237 e. The molecule has 1 atom stereocenters. The Morgan fingerprint density at radius 1 is 1.12 bits per heavy atom. The lowest BCUT2D eigenvalue weighted by Crippen LogP contribution is -2.22. The second-order valence-electron chi connectivity index (χ2n) is 5.18. The Morgan fingerprint density at radius 3 is 2.62 bits per heavy atom. The third kappa shape index (κ3) is 4.09. The molecule has 0 spiro atoms. The Morgan fingerprint density at radius 2 is 1.88 bits per heavy atom. The molecule has 0 radical (unpaired) electrons. The van der Waals surface area contributed by atoms with Gasteiger partial charge < -0.3 is 14.8 Å². The molecular weight excluding hydrogens is 369 g/mol. The van der Waals surface area contributed by atoms with Gasteiger partial charge in [0.05, 0.1) is 16.0 Å². The number of carbonyl (C=O) groups is 1. The summed E-state index contributed by atoms with van der Waals surface area (Å²) in [5.74, 6) is 1.30.